The minimum absolute atomic E-state index is 0.0450. The van der Waals surface area contributed by atoms with Gasteiger partial charge in [0, 0.05) is 10.8 Å². The molecule has 1 aromatic carbocycles. The van der Waals surface area contributed by atoms with Gasteiger partial charge in [0.2, 0.25) is 0 Å². The van der Waals surface area contributed by atoms with Gasteiger partial charge in [0.25, 0.3) is 0 Å². The fourth-order valence-corrected chi connectivity index (χ4v) is 3.18. The molecule has 0 spiro atoms. The number of halogens is 2. The van der Waals surface area contributed by atoms with Gasteiger partial charge < -0.3 is 5.11 Å². The van der Waals surface area contributed by atoms with Crippen LogP contribution in [0.4, 0.5) is 4.39 Å². The van der Waals surface area contributed by atoms with Gasteiger partial charge in [-0.25, -0.2) is 14.2 Å². The molecule has 0 atom stereocenters. The van der Waals surface area contributed by atoms with Crippen molar-refractivity contribution in [2.24, 2.45) is 0 Å². The molecule has 0 aliphatic heterocycles. The van der Waals surface area contributed by atoms with Gasteiger partial charge in [-0.2, -0.15) is 0 Å². The van der Waals surface area contributed by atoms with Crippen molar-refractivity contribution >= 4 is 28.5 Å². The average molecular weight is 294 g/mol. The van der Waals surface area contributed by atoms with Crippen LogP contribution >= 0.6 is 11.6 Å². The number of hydrogen-bond acceptors (Lipinski definition) is 2. The van der Waals surface area contributed by atoms with Crippen molar-refractivity contribution in [2.45, 2.75) is 32.1 Å². The Bertz CT molecular complexity index is 755. The van der Waals surface area contributed by atoms with E-state index in [1.54, 1.807) is 0 Å². The smallest absolute Gasteiger partial charge is 0.336 e. The summed E-state index contributed by atoms with van der Waals surface area (Å²) < 4.78 is 14.0. The number of rotatable bonds is 1. The van der Waals surface area contributed by atoms with Gasteiger partial charge in [0.1, 0.15) is 11.3 Å². The number of carboxylic acid groups (broad SMARTS) is 1. The van der Waals surface area contributed by atoms with E-state index in [2.05, 4.69) is 4.98 Å². The first kappa shape index (κ1) is 13.3. The highest BCUT2D eigenvalue weighted by Gasteiger charge is 2.36. The first-order valence-electron chi connectivity index (χ1n) is 6.37. The van der Waals surface area contributed by atoms with Crippen LogP contribution in [0.1, 0.15) is 41.9 Å². The Kier molecular flexibility index (Phi) is 2.77. The quantitative estimate of drug-likeness (QED) is 0.866. The number of nitrogens with zero attached hydrogens (tertiary/aromatic N) is 1. The molecule has 20 heavy (non-hydrogen) atoms. The van der Waals surface area contributed by atoms with Crippen molar-refractivity contribution in [3.8, 4) is 0 Å². The highest BCUT2D eigenvalue weighted by Crippen LogP contribution is 2.42. The first-order chi connectivity index (χ1) is 9.33. The summed E-state index contributed by atoms with van der Waals surface area (Å²) in [6, 6.07) is 2.59. The van der Waals surface area contributed by atoms with Crippen LogP contribution in [0.3, 0.4) is 0 Å². The molecule has 0 saturated heterocycles. The summed E-state index contributed by atoms with van der Waals surface area (Å²) in [7, 11) is 0. The van der Waals surface area contributed by atoms with Crippen LogP contribution in [-0.2, 0) is 11.8 Å². The second-order valence-electron chi connectivity index (χ2n) is 5.76. The third-order valence-corrected chi connectivity index (χ3v) is 4.31. The maximum absolute atomic E-state index is 14.0. The molecule has 3 rings (SSSR count). The molecule has 1 aliphatic rings. The first-order valence-corrected chi connectivity index (χ1v) is 6.75. The Hall–Kier alpha value is -1.68. The third-order valence-electron chi connectivity index (χ3n) is 3.99. The zero-order valence-corrected chi connectivity index (χ0v) is 11.9. The minimum atomic E-state index is -1.08. The van der Waals surface area contributed by atoms with Crippen LogP contribution in [-0.4, -0.2) is 16.1 Å². The molecular weight excluding hydrogens is 281 g/mol. The fourth-order valence-electron chi connectivity index (χ4n) is 2.93. The molecule has 1 N–H and O–H groups in total. The second-order valence-corrected chi connectivity index (χ2v) is 6.16. The molecule has 1 heterocycles. The van der Waals surface area contributed by atoms with Crippen LogP contribution in [0.2, 0.25) is 5.02 Å². The van der Waals surface area contributed by atoms with Crippen molar-refractivity contribution in [3.63, 3.8) is 0 Å². The summed E-state index contributed by atoms with van der Waals surface area (Å²) in [5.41, 5.74) is 1.25. The fraction of sp³-hybridized carbons (Fsp3) is 0.333. The number of benzene rings is 1. The Labute approximate surface area is 120 Å². The Morgan fingerprint density at radius 2 is 2.15 bits per heavy atom. The zero-order chi connectivity index (χ0) is 14.7. The summed E-state index contributed by atoms with van der Waals surface area (Å²) in [6.45, 7) is 3.98. The Morgan fingerprint density at radius 1 is 1.45 bits per heavy atom. The summed E-state index contributed by atoms with van der Waals surface area (Å²) >= 11 is 6.08. The Balaban J connectivity index is 2.54. The van der Waals surface area contributed by atoms with E-state index in [0.717, 1.165) is 6.42 Å². The molecule has 2 aromatic rings. The van der Waals surface area contributed by atoms with Crippen molar-refractivity contribution in [3.05, 3.63) is 39.8 Å². The summed E-state index contributed by atoms with van der Waals surface area (Å²) in [6.07, 6.45) is 1.42. The minimum Gasteiger partial charge on any atom is -0.478 e. The van der Waals surface area contributed by atoms with Crippen molar-refractivity contribution in [1.29, 1.82) is 0 Å². The average Bonchev–Trinajstić information content (AvgIpc) is 2.68. The van der Waals surface area contributed by atoms with Gasteiger partial charge >= 0.3 is 5.97 Å². The normalized spacial score (nSPS) is 16.4. The molecule has 5 heteroatoms. The van der Waals surface area contributed by atoms with Crippen molar-refractivity contribution < 1.29 is 14.3 Å². The summed E-state index contributed by atoms with van der Waals surface area (Å²) in [4.78, 5) is 16.0. The standard InChI is InChI=1S/C15H13ClFNO2/c1-15(2)6-5-7-10(14(19)20)11-8(16)3-4-9(17)12(11)18-13(7)15/h3-4H,5-6H2,1-2H3,(H,19,20). The van der Waals surface area contributed by atoms with E-state index in [1.807, 2.05) is 13.8 Å². The van der Waals surface area contributed by atoms with Crippen molar-refractivity contribution in [1.82, 2.24) is 4.98 Å². The molecular formula is C15H13ClFNO2. The molecule has 1 aromatic heterocycles. The predicted molar refractivity (Wildman–Crippen MR) is 75.0 cm³/mol. The number of aromatic carboxylic acids is 1. The maximum atomic E-state index is 14.0. The number of carbonyl (C=O) groups is 1. The molecule has 0 amide bonds. The van der Waals surface area contributed by atoms with Gasteiger partial charge in [-0.3, -0.25) is 0 Å². The molecule has 0 saturated carbocycles. The van der Waals surface area contributed by atoms with Gasteiger partial charge in [-0.15, -0.1) is 0 Å². The second kappa shape index (κ2) is 4.16. The Morgan fingerprint density at radius 3 is 2.80 bits per heavy atom. The SMILES string of the molecule is CC1(C)CCc2c1nc1c(F)ccc(Cl)c1c2C(=O)O. The number of aromatic nitrogens is 1. The lowest BCUT2D eigenvalue weighted by Gasteiger charge is -2.19. The lowest BCUT2D eigenvalue weighted by molar-refractivity contribution is 0.0698. The monoisotopic (exact) mass is 293 g/mol. The lowest BCUT2D eigenvalue weighted by atomic mass is 9.89. The number of hydrogen-bond donors (Lipinski definition) is 1. The number of carboxylic acids is 1. The van der Waals surface area contributed by atoms with E-state index in [9.17, 15) is 14.3 Å². The maximum Gasteiger partial charge on any atom is 0.336 e. The molecule has 3 nitrogen and oxygen atoms in total. The van der Waals surface area contributed by atoms with E-state index >= 15 is 0 Å². The van der Waals surface area contributed by atoms with Crippen LogP contribution in [0, 0.1) is 5.82 Å². The van der Waals surface area contributed by atoms with Crippen LogP contribution in [0.25, 0.3) is 10.9 Å². The van der Waals surface area contributed by atoms with Gasteiger partial charge in [0.05, 0.1) is 16.3 Å². The van der Waals surface area contributed by atoms with E-state index in [1.165, 1.54) is 12.1 Å². The summed E-state index contributed by atoms with van der Waals surface area (Å²) in [5.74, 6) is -1.63. The lowest BCUT2D eigenvalue weighted by Crippen LogP contribution is -2.16. The highest BCUT2D eigenvalue weighted by atomic mass is 35.5. The van der Waals surface area contributed by atoms with E-state index < -0.39 is 11.8 Å². The zero-order valence-electron chi connectivity index (χ0n) is 11.1. The van der Waals surface area contributed by atoms with Crippen LogP contribution in [0.15, 0.2) is 12.1 Å². The van der Waals surface area contributed by atoms with Gasteiger partial charge in [-0.1, -0.05) is 25.4 Å². The largest absolute Gasteiger partial charge is 0.478 e. The van der Waals surface area contributed by atoms with Crippen LogP contribution in [0.5, 0.6) is 0 Å². The molecule has 104 valence electrons. The van der Waals surface area contributed by atoms with Gasteiger partial charge in [0.15, 0.2) is 0 Å². The molecule has 1 aliphatic carbocycles. The highest BCUT2D eigenvalue weighted by molar-refractivity contribution is 6.36. The van der Waals surface area contributed by atoms with E-state index in [-0.39, 0.29) is 26.9 Å². The summed E-state index contributed by atoms with van der Waals surface area (Å²) in [5, 5.41) is 9.95. The predicted octanol–water partition coefficient (Wildman–Crippen LogP) is 3.95. The van der Waals surface area contributed by atoms with Gasteiger partial charge in [-0.05, 0) is 30.5 Å². The molecule has 0 bridgehead atoms. The molecule has 0 unspecified atom stereocenters. The van der Waals surface area contributed by atoms with E-state index in [4.69, 9.17) is 11.6 Å². The third kappa shape index (κ3) is 1.71. The number of pyridine rings is 1. The molecule has 0 fully saturated rings. The van der Waals surface area contributed by atoms with E-state index in [0.29, 0.717) is 17.7 Å². The molecule has 0 radical (unpaired) electrons. The topological polar surface area (TPSA) is 50.2 Å². The van der Waals surface area contributed by atoms with Crippen LogP contribution < -0.4 is 0 Å². The number of fused-ring (bicyclic) bond motifs is 2. The van der Waals surface area contributed by atoms with Crippen molar-refractivity contribution in [2.75, 3.05) is 0 Å².